The van der Waals surface area contributed by atoms with Gasteiger partial charge < -0.3 is 29.0 Å². The Morgan fingerprint density at radius 1 is 1.26 bits per heavy atom. The summed E-state index contributed by atoms with van der Waals surface area (Å²) in [6.45, 7) is 4.35. The zero-order valence-electron chi connectivity index (χ0n) is 16.7. The number of aryl methyl sites for hydroxylation is 1. The smallest absolute Gasteiger partial charge is 0.303 e. The van der Waals surface area contributed by atoms with Gasteiger partial charge in [-0.2, -0.15) is 0 Å². The highest BCUT2D eigenvalue weighted by molar-refractivity contribution is 6.70. The number of aromatic amines is 1. The second-order valence-corrected chi connectivity index (χ2v) is 7.96. The number of ether oxygens (including phenoxy) is 3. The molecular weight excluding hydrogens is 453 g/mol. The molecule has 11 nitrogen and oxygen atoms in total. The van der Waals surface area contributed by atoms with Crippen molar-refractivity contribution in [3.8, 4) is 0 Å². The summed E-state index contributed by atoms with van der Waals surface area (Å²) in [5.74, 6) is -0.618. The first-order chi connectivity index (χ1) is 14.7. The van der Waals surface area contributed by atoms with Crippen molar-refractivity contribution in [2.45, 2.75) is 56.7 Å². The minimum absolute atomic E-state index is 0.0480. The molecule has 5 atom stereocenters. The molecule has 31 heavy (non-hydrogen) atoms. The first-order valence-electron chi connectivity index (χ1n) is 9.43. The zero-order valence-corrected chi connectivity index (χ0v) is 18.2. The summed E-state index contributed by atoms with van der Waals surface area (Å²) in [7, 11) is 0. The number of carbonyl (C=O) groups excluding carboxylic acids is 2. The van der Waals surface area contributed by atoms with Gasteiger partial charge in [-0.3, -0.25) is 9.59 Å². The number of nitrogens with zero attached hydrogens (tertiary/aromatic N) is 3. The molecule has 4 heterocycles. The van der Waals surface area contributed by atoms with Crippen LogP contribution in [-0.4, -0.2) is 55.7 Å². The third-order valence-electron chi connectivity index (χ3n) is 4.81. The van der Waals surface area contributed by atoms with Gasteiger partial charge in [0.05, 0.1) is 12.0 Å². The van der Waals surface area contributed by atoms with Crippen LogP contribution in [0.2, 0.25) is 0 Å². The molecule has 0 spiro atoms. The number of carbonyl (C=O) groups is 2. The summed E-state index contributed by atoms with van der Waals surface area (Å²) in [5, 5.41) is 5.22. The summed E-state index contributed by atoms with van der Waals surface area (Å²) < 4.78 is 22.5. The largest absolute Gasteiger partial charge is 0.455 e. The Hall–Kier alpha value is -2.63. The number of H-pyrrole nitrogens is 1. The molecule has 1 saturated heterocycles. The molecule has 2 aliphatic heterocycles. The van der Waals surface area contributed by atoms with Gasteiger partial charge in [0.1, 0.15) is 5.69 Å². The molecule has 4 rings (SSSR count). The number of nitrogens with one attached hydrogen (secondary N) is 2. The normalized spacial score (nSPS) is 29.6. The number of aliphatic imine (C=N–C) groups is 1. The molecule has 13 heteroatoms. The van der Waals surface area contributed by atoms with Crippen molar-refractivity contribution in [1.29, 1.82) is 0 Å². The Balaban J connectivity index is 1.75. The molecule has 0 bridgehead atoms. The molecule has 0 saturated carbocycles. The molecule has 166 valence electrons. The maximum absolute atomic E-state index is 11.9. The Labute approximate surface area is 186 Å². The van der Waals surface area contributed by atoms with Crippen molar-refractivity contribution in [2.75, 3.05) is 5.32 Å². The summed E-state index contributed by atoms with van der Waals surface area (Å²) in [5.41, 5.74) is 1.11. The Morgan fingerprint density at radius 2 is 1.97 bits per heavy atom. The fraction of sp³-hybridized carbons (Fsp3) is 0.500. The molecule has 2 N–H and O–H groups in total. The molecule has 2 aromatic rings. The van der Waals surface area contributed by atoms with Crippen LogP contribution in [0.5, 0.6) is 0 Å². The van der Waals surface area contributed by atoms with Crippen LogP contribution < -0.4 is 5.32 Å². The van der Waals surface area contributed by atoms with Gasteiger partial charge in [-0.25, -0.2) is 9.98 Å². The van der Waals surface area contributed by atoms with Gasteiger partial charge in [-0.1, -0.05) is 35.3 Å². The minimum atomic E-state index is -1.72. The van der Waals surface area contributed by atoms with E-state index in [2.05, 4.69) is 25.4 Å². The lowest BCUT2D eigenvalue weighted by Crippen LogP contribution is -2.52. The summed E-state index contributed by atoms with van der Waals surface area (Å²) in [6.07, 6.45) is -2.27. The predicted molar refractivity (Wildman–Crippen MR) is 108 cm³/mol. The van der Waals surface area contributed by atoms with Crippen LogP contribution in [0.4, 0.5) is 5.82 Å². The van der Waals surface area contributed by atoms with Crippen LogP contribution in [-0.2, 0) is 30.2 Å². The lowest BCUT2D eigenvalue weighted by Gasteiger charge is -2.35. The number of hydrogen-bond acceptors (Lipinski definition) is 10. The standard InChI is InChI=1S/C18H19Cl2N5O6/c1-4-9-5-10(31-25-9)12-13(28-7(2)26)14(29-8(3)27)15(30-12)18(20)23-16(19)11-17(24-18)22-6-21-11/h5-6,12-15,24H,4H2,1-3H3,(H,21,22). The van der Waals surface area contributed by atoms with Crippen LogP contribution in [0.25, 0.3) is 0 Å². The highest BCUT2D eigenvalue weighted by Gasteiger charge is 2.60. The van der Waals surface area contributed by atoms with Gasteiger partial charge in [-0.15, -0.1) is 0 Å². The average molecular weight is 472 g/mol. The first-order valence-corrected chi connectivity index (χ1v) is 10.2. The Morgan fingerprint density at radius 3 is 2.61 bits per heavy atom. The van der Waals surface area contributed by atoms with E-state index < -0.39 is 41.5 Å². The van der Waals surface area contributed by atoms with Crippen LogP contribution in [0.1, 0.15) is 44.0 Å². The lowest BCUT2D eigenvalue weighted by molar-refractivity contribution is -0.164. The number of esters is 2. The van der Waals surface area contributed by atoms with Crippen molar-refractivity contribution < 1.29 is 28.3 Å². The maximum Gasteiger partial charge on any atom is 0.303 e. The maximum atomic E-state index is 11.9. The molecule has 1 fully saturated rings. The monoisotopic (exact) mass is 471 g/mol. The number of anilines is 1. The van der Waals surface area contributed by atoms with Crippen molar-refractivity contribution in [2.24, 2.45) is 4.99 Å². The summed E-state index contributed by atoms with van der Waals surface area (Å²) in [4.78, 5) is 35.0. The number of halogens is 2. The van der Waals surface area contributed by atoms with E-state index >= 15 is 0 Å². The fourth-order valence-corrected chi connectivity index (χ4v) is 4.21. The van der Waals surface area contributed by atoms with Crippen LogP contribution in [0.3, 0.4) is 0 Å². The fourth-order valence-electron chi connectivity index (χ4n) is 3.54. The van der Waals surface area contributed by atoms with E-state index in [1.54, 1.807) is 6.07 Å². The minimum Gasteiger partial charge on any atom is -0.455 e. The molecule has 0 aromatic carbocycles. The third kappa shape index (κ3) is 4.00. The lowest BCUT2D eigenvalue weighted by atomic mass is 10.0. The van der Waals surface area contributed by atoms with E-state index in [1.807, 2.05) is 6.92 Å². The molecular formula is C18H19Cl2N5O6. The highest BCUT2D eigenvalue weighted by atomic mass is 35.5. The molecule has 5 unspecified atom stereocenters. The number of aromatic nitrogens is 3. The first kappa shape index (κ1) is 21.6. The number of imidazole rings is 1. The quantitative estimate of drug-likeness (QED) is 0.381. The topological polar surface area (TPSA) is 141 Å². The van der Waals surface area contributed by atoms with Crippen molar-refractivity contribution in [3.05, 3.63) is 29.5 Å². The number of alkyl halides is 1. The third-order valence-corrected chi connectivity index (χ3v) is 5.48. The summed E-state index contributed by atoms with van der Waals surface area (Å²) in [6, 6.07) is 1.67. The zero-order chi connectivity index (χ0) is 22.3. The Bertz CT molecular complexity index is 1040. The number of rotatable bonds is 5. The van der Waals surface area contributed by atoms with Gasteiger partial charge >= 0.3 is 11.9 Å². The average Bonchev–Trinajstić information content (AvgIpc) is 3.40. The van der Waals surface area contributed by atoms with Gasteiger partial charge in [0.25, 0.3) is 0 Å². The van der Waals surface area contributed by atoms with Crippen molar-refractivity contribution in [3.63, 3.8) is 0 Å². The molecule has 0 amide bonds. The van der Waals surface area contributed by atoms with E-state index in [0.29, 0.717) is 23.6 Å². The van der Waals surface area contributed by atoms with Crippen molar-refractivity contribution in [1.82, 2.24) is 15.1 Å². The van der Waals surface area contributed by atoms with Crippen LogP contribution in [0, 0.1) is 0 Å². The van der Waals surface area contributed by atoms with Crippen LogP contribution >= 0.6 is 23.2 Å². The molecule has 2 aromatic heterocycles. The van der Waals surface area contributed by atoms with Gasteiger partial charge in [0.15, 0.2) is 41.2 Å². The van der Waals surface area contributed by atoms with Gasteiger partial charge in [0, 0.05) is 19.9 Å². The van der Waals surface area contributed by atoms with E-state index in [9.17, 15) is 9.59 Å². The molecule has 0 radical (unpaired) electrons. The number of fused-ring (bicyclic) bond motifs is 1. The molecule has 2 aliphatic rings. The second kappa shape index (κ2) is 8.13. The van der Waals surface area contributed by atoms with E-state index in [-0.39, 0.29) is 10.9 Å². The predicted octanol–water partition coefficient (Wildman–Crippen LogP) is 2.27. The van der Waals surface area contributed by atoms with Gasteiger partial charge in [0.2, 0.25) is 5.12 Å². The van der Waals surface area contributed by atoms with E-state index in [4.69, 9.17) is 41.9 Å². The summed E-state index contributed by atoms with van der Waals surface area (Å²) >= 11 is 13.1. The van der Waals surface area contributed by atoms with E-state index in [0.717, 1.165) is 0 Å². The van der Waals surface area contributed by atoms with E-state index in [1.165, 1.54) is 20.2 Å². The van der Waals surface area contributed by atoms with Crippen molar-refractivity contribution >= 4 is 46.1 Å². The van der Waals surface area contributed by atoms with Crippen LogP contribution in [0.15, 0.2) is 21.9 Å². The highest BCUT2D eigenvalue weighted by Crippen LogP contribution is 2.45. The Kier molecular flexibility index (Phi) is 5.67. The second-order valence-electron chi connectivity index (χ2n) is 7.03. The SMILES string of the molecule is CCc1cc(C2OC(C3(Cl)N=C(Cl)c4[nH]cnc4N3)C(OC(C)=O)C2OC(C)=O)on1. The molecule has 0 aliphatic carbocycles. The number of hydrogen-bond donors (Lipinski definition) is 2. The van der Waals surface area contributed by atoms with Gasteiger partial charge in [-0.05, 0) is 6.42 Å².